The van der Waals surface area contributed by atoms with Gasteiger partial charge in [-0.05, 0) is 43.2 Å². The molecule has 2 aliphatic rings. The third-order valence-electron chi connectivity index (χ3n) is 5.04. The third kappa shape index (κ3) is 4.43. The van der Waals surface area contributed by atoms with Gasteiger partial charge in [0.25, 0.3) is 0 Å². The van der Waals surface area contributed by atoms with Crippen LogP contribution in [0.2, 0.25) is 0 Å². The molecule has 1 aromatic heterocycles. The van der Waals surface area contributed by atoms with E-state index in [0.29, 0.717) is 12.1 Å². The average Bonchev–Trinajstić information content (AvgIpc) is 3.13. The Morgan fingerprint density at radius 3 is 2.57 bits per heavy atom. The Kier molecular flexibility index (Phi) is 5.86. The number of rotatable bonds is 4. The van der Waals surface area contributed by atoms with Gasteiger partial charge in [0.1, 0.15) is 0 Å². The fraction of sp³-hybridized carbons (Fsp3) is 0.611. The zero-order chi connectivity index (χ0) is 16.1. The van der Waals surface area contributed by atoms with E-state index in [9.17, 15) is 4.79 Å². The number of amides is 1. The Morgan fingerprint density at radius 2 is 1.96 bits per heavy atom. The van der Waals surface area contributed by atoms with E-state index in [0.717, 1.165) is 56.7 Å². The predicted octanol–water partition coefficient (Wildman–Crippen LogP) is 2.86. The van der Waals surface area contributed by atoms with Gasteiger partial charge in [0.2, 0.25) is 5.91 Å². The molecular formula is C18H26N2O2S. The lowest BCUT2D eigenvalue weighted by Gasteiger charge is -2.41. The molecule has 23 heavy (non-hydrogen) atoms. The van der Waals surface area contributed by atoms with Crippen molar-refractivity contribution in [2.24, 2.45) is 0 Å². The molecule has 0 unspecified atom stereocenters. The number of nitrogens with zero attached hydrogens (tertiary/aromatic N) is 2. The van der Waals surface area contributed by atoms with Crippen LogP contribution in [-0.4, -0.2) is 61.1 Å². The minimum Gasteiger partial charge on any atom is -0.381 e. The highest BCUT2D eigenvalue weighted by Gasteiger charge is 2.29. The summed E-state index contributed by atoms with van der Waals surface area (Å²) < 4.78 is 5.45. The van der Waals surface area contributed by atoms with Crippen LogP contribution in [0.15, 0.2) is 23.6 Å². The zero-order valence-electron chi connectivity index (χ0n) is 13.8. The lowest BCUT2D eigenvalue weighted by atomic mass is 9.99. The van der Waals surface area contributed by atoms with E-state index in [1.807, 2.05) is 35.6 Å². The van der Waals surface area contributed by atoms with Crippen LogP contribution in [0, 0.1) is 0 Å². The summed E-state index contributed by atoms with van der Waals surface area (Å²) >= 11 is 1.66. The van der Waals surface area contributed by atoms with Gasteiger partial charge >= 0.3 is 0 Å². The molecule has 3 rings (SSSR count). The Morgan fingerprint density at radius 1 is 1.22 bits per heavy atom. The Balaban J connectivity index is 1.44. The standard InChI is InChI=1S/C18H26N2O2S/c1-22-16-8-12-19(13-9-16)15-6-10-20(11-7-15)18(21)5-4-17-3-2-14-23-17/h2-5,14-16H,6-13H2,1H3/b5-4+. The quantitative estimate of drug-likeness (QED) is 0.794. The fourth-order valence-electron chi connectivity index (χ4n) is 3.57. The van der Waals surface area contributed by atoms with E-state index in [1.165, 1.54) is 0 Å². The molecule has 2 fully saturated rings. The minimum atomic E-state index is 0.148. The molecule has 0 radical (unpaired) electrons. The molecule has 0 spiro atoms. The van der Waals surface area contributed by atoms with Crippen LogP contribution < -0.4 is 0 Å². The van der Waals surface area contributed by atoms with E-state index in [-0.39, 0.29) is 5.91 Å². The van der Waals surface area contributed by atoms with Crippen LogP contribution in [0.5, 0.6) is 0 Å². The van der Waals surface area contributed by atoms with Crippen molar-refractivity contribution in [3.05, 3.63) is 28.5 Å². The van der Waals surface area contributed by atoms with Gasteiger partial charge in [-0.2, -0.15) is 0 Å². The number of hydrogen-bond donors (Lipinski definition) is 0. The molecule has 126 valence electrons. The average molecular weight is 334 g/mol. The van der Waals surface area contributed by atoms with Crippen LogP contribution in [0.3, 0.4) is 0 Å². The lowest BCUT2D eigenvalue weighted by Crippen LogP contribution is -2.49. The van der Waals surface area contributed by atoms with Gasteiger partial charge in [-0.15, -0.1) is 11.3 Å². The van der Waals surface area contributed by atoms with E-state index in [2.05, 4.69) is 4.90 Å². The fourth-order valence-corrected chi connectivity index (χ4v) is 4.19. The van der Waals surface area contributed by atoms with Crippen LogP contribution in [0.1, 0.15) is 30.6 Å². The summed E-state index contributed by atoms with van der Waals surface area (Å²) in [6.07, 6.45) is 8.55. The van der Waals surface area contributed by atoms with Crippen LogP contribution in [0.25, 0.3) is 6.08 Å². The van der Waals surface area contributed by atoms with Crippen molar-refractivity contribution in [1.82, 2.24) is 9.80 Å². The van der Waals surface area contributed by atoms with Crippen molar-refractivity contribution in [2.75, 3.05) is 33.3 Å². The number of methoxy groups -OCH3 is 1. The van der Waals surface area contributed by atoms with Crippen molar-refractivity contribution >= 4 is 23.3 Å². The Labute approximate surface area is 142 Å². The second-order valence-corrected chi connectivity index (χ2v) is 7.36. The summed E-state index contributed by atoms with van der Waals surface area (Å²) in [5, 5.41) is 2.03. The third-order valence-corrected chi connectivity index (χ3v) is 5.87. The summed E-state index contributed by atoms with van der Waals surface area (Å²) in [5.41, 5.74) is 0. The molecule has 0 atom stereocenters. The van der Waals surface area contributed by atoms with Gasteiger partial charge in [-0.1, -0.05) is 6.07 Å². The normalized spacial score (nSPS) is 22.0. The summed E-state index contributed by atoms with van der Waals surface area (Å²) in [5.74, 6) is 0.148. The maximum Gasteiger partial charge on any atom is 0.246 e. The van der Waals surface area contributed by atoms with Crippen molar-refractivity contribution in [1.29, 1.82) is 0 Å². The van der Waals surface area contributed by atoms with Crippen molar-refractivity contribution in [3.8, 4) is 0 Å². The van der Waals surface area contributed by atoms with Gasteiger partial charge in [0.15, 0.2) is 0 Å². The molecule has 1 amide bonds. The molecule has 0 saturated carbocycles. The monoisotopic (exact) mass is 334 g/mol. The molecule has 0 N–H and O–H groups in total. The summed E-state index contributed by atoms with van der Waals surface area (Å²) in [7, 11) is 1.81. The predicted molar refractivity (Wildman–Crippen MR) is 94.6 cm³/mol. The van der Waals surface area contributed by atoms with Crippen LogP contribution in [-0.2, 0) is 9.53 Å². The summed E-state index contributed by atoms with van der Waals surface area (Å²) in [6, 6.07) is 4.68. The molecule has 3 heterocycles. The van der Waals surface area contributed by atoms with Crippen molar-refractivity contribution in [3.63, 3.8) is 0 Å². The van der Waals surface area contributed by atoms with Crippen LogP contribution in [0.4, 0.5) is 0 Å². The molecule has 1 aromatic rings. The first-order valence-electron chi connectivity index (χ1n) is 8.53. The van der Waals surface area contributed by atoms with Crippen molar-refractivity contribution in [2.45, 2.75) is 37.8 Å². The van der Waals surface area contributed by atoms with Gasteiger partial charge in [0, 0.05) is 50.3 Å². The molecular weight excluding hydrogens is 308 g/mol. The van der Waals surface area contributed by atoms with Gasteiger partial charge in [-0.25, -0.2) is 0 Å². The number of piperidine rings is 2. The van der Waals surface area contributed by atoms with Crippen LogP contribution >= 0.6 is 11.3 Å². The maximum absolute atomic E-state index is 12.3. The molecule has 4 nitrogen and oxygen atoms in total. The number of carbonyl (C=O) groups is 1. The molecule has 2 saturated heterocycles. The van der Waals surface area contributed by atoms with E-state index in [4.69, 9.17) is 4.74 Å². The highest BCUT2D eigenvalue weighted by Crippen LogP contribution is 2.22. The second kappa shape index (κ2) is 8.08. The largest absolute Gasteiger partial charge is 0.381 e. The first-order valence-corrected chi connectivity index (χ1v) is 9.41. The number of ether oxygens (including phenoxy) is 1. The molecule has 0 aromatic carbocycles. The number of hydrogen-bond acceptors (Lipinski definition) is 4. The van der Waals surface area contributed by atoms with Gasteiger partial charge in [-0.3, -0.25) is 4.79 Å². The number of thiophene rings is 1. The van der Waals surface area contributed by atoms with E-state index >= 15 is 0 Å². The SMILES string of the molecule is COC1CCN(C2CCN(C(=O)/C=C/c3cccs3)CC2)CC1. The van der Waals surface area contributed by atoms with Gasteiger partial charge < -0.3 is 14.5 Å². The molecule has 5 heteroatoms. The molecule has 0 aliphatic carbocycles. The number of carbonyl (C=O) groups excluding carboxylic acids is 1. The zero-order valence-corrected chi connectivity index (χ0v) is 14.6. The summed E-state index contributed by atoms with van der Waals surface area (Å²) in [4.78, 5) is 18.0. The summed E-state index contributed by atoms with van der Waals surface area (Å²) in [6.45, 7) is 4.02. The maximum atomic E-state index is 12.3. The van der Waals surface area contributed by atoms with E-state index in [1.54, 1.807) is 17.4 Å². The highest BCUT2D eigenvalue weighted by molar-refractivity contribution is 7.10. The first kappa shape index (κ1) is 16.7. The highest BCUT2D eigenvalue weighted by atomic mass is 32.1. The topological polar surface area (TPSA) is 32.8 Å². The Bertz CT molecular complexity index is 513. The van der Waals surface area contributed by atoms with Crippen molar-refractivity contribution < 1.29 is 9.53 Å². The molecule has 0 bridgehead atoms. The van der Waals surface area contributed by atoms with Gasteiger partial charge in [0.05, 0.1) is 6.10 Å². The lowest BCUT2D eigenvalue weighted by molar-refractivity contribution is -0.127. The van der Waals surface area contributed by atoms with E-state index < -0.39 is 0 Å². The Hall–Kier alpha value is -1.17. The second-order valence-electron chi connectivity index (χ2n) is 6.38. The minimum absolute atomic E-state index is 0.148. The first-order chi connectivity index (χ1) is 11.3. The number of likely N-dealkylation sites (tertiary alicyclic amines) is 2. The smallest absolute Gasteiger partial charge is 0.246 e. The molecule has 2 aliphatic heterocycles.